The Bertz CT molecular complexity index is 358. The first-order chi connectivity index (χ1) is 6.95. The van der Waals surface area contributed by atoms with Gasteiger partial charge in [0.2, 0.25) is 0 Å². The third kappa shape index (κ3) is 2.32. The van der Waals surface area contributed by atoms with Crippen LogP contribution in [0, 0.1) is 0 Å². The van der Waals surface area contributed by atoms with Crippen molar-refractivity contribution in [1.29, 1.82) is 0 Å². The van der Waals surface area contributed by atoms with Gasteiger partial charge in [0, 0.05) is 18.9 Å². The molecule has 0 fully saturated rings. The molecule has 14 heavy (non-hydrogen) atoms. The van der Waals surface area contributed by atoms with Crippen molar-refractivity contribution in [2.24, 2.45) is 0 Å². The zero-order chi connectivity index (χ0) is 9.64. The molecule has 0 radical (unpaired) electrons. The fourth-order valence-corrected chi connectivity index (χ4v) is 1.16. The van der Waals surface area contributed by atoms with Crippen LogP contribution in [0.25, 0.3) is 0 Å². The molecule has 2 rings (SSSR count). The molecule has 0 atom stereocenters. The molecule has 0 spiro atoms. The van der Waals surface area contributed by atoms with E-state index in [0.29, 0.717) is 0 Å². The lowest BCUT2D eigenvalue weighted by Crippen LogP contribution is -2.05. The maximum Gasteiger partial charge on any atom is 0.144 e. The Morgan fingerprint density at radius 3 is 3.07 bits per heavy atom. The highest BCUT2D eigenvalue weighted by Crippen LogP contribution is 2.02. The van der Waals surface area contributed by atoms with Gasteiger partial charge < -0.3 is 9.73 Å². The monoisotopic (exact) mass is 189 g/mol. The topological polar surface area (TPSA) is 51.0 Å². The minimum atomic E-state index is 0.802. The van der Waals surface area contributed by atoms with Crippen LogP contribution in [0.4, 0.5) is 5.82 Å². The summed E-state index contributed by atoms with van der Waals surface area (Å²) in [5.74, 6) is 0.802. The molecule has 0 aliphatic heterocycles. The van der Waals surface area contributed by atoms with Crippen LogP contribution in [0.1, 0.15) is 5.56 Å². The van der Waals surface area contributed by atoms with Crippen LogP contribution >= 0.6 is 0 Å². The molecule has 4 nitrogen and oxygen atoms in total. The predicted molar refractivity (Wildman–Crippen MR) is 52.9 cm³/mol. The van der Waals surface area contributed by atoms with Crippen LogP contribution in [0.5, 0.6) is 0 Å². The molecule has 4 heteroatoms. The summed E-state index contributed by atoms with van der Waals surface area (Å²) >= 11 is 0. The van der Waals surface area contributed by atoms with Crippen LogP contribution in [0.3, 0.4) is 0 Å². The van der Waals surface area contributed by atoms with Crippen molar-refractivity contribution in [1.82, 2.24) is 9.97 Å². The molecule has 0 unspecified atom stereocenters. The molecule has 0 aromatic carbocycles. The van der Waals surface area contributed by atoms with E-state index < -0.39 is 0 Å². The smallest absolute Gasteiger partial charge is 0.144 e. The van der Waals surface area contributed by atoms with E-state index in [9.17, 15) is 0 Å². The molecule has 2 aromatic heterocycles. The summed E-state index contributed by atoms with van der Waals surface area (Å²) in [5, 5.41) is 3.17. The molecule has 0 amide bonds. The average molecular weight is 189 g/mol. The third-order valence-corrected chi connectivity index (χ3v) is 1.86. The minimum absolute atomic E-state index is 0.802. The fourth-order valence-electron chi connectivity index (χ4n) is 1.16. The van der Waals surface area contributed by atoms with E-state index in [1.54, 1.807) is 31.1 Å². The number of nitrogens with zero attached hydrogens (tertiary/aromatic N) is 2. The number of aromatic nitrogens is 2. The van der Waals surface area contributed by atoms with Gasteiger partial charge in [-0.15, -0.1) is 0 Å². The first kappa shape index (κ1) is 8.74. The van der Waals surface area contributed by atoms with Gasteiger partial charge in [0.05, 0.1) is 18.7 Å². The van der Waals surface area contributed by atoms with Crippen LogP contribution in [-0.4, -0.2) is 16.5 Å². The van der Waals surface area contributed by atoms with E-state index in [1.165, 1.54) is 5.56 Å². The summed E-state index contributed by atoms with van der Waals surface area (Å²) in [4.78, 5) is 8.06. The molecule has 2 aromatic rings. The fraction of sp³-hybridized carbons (Fsp3) is 0.200. The summed E-state index contributed by atoms with van der Waals surface area (Å²) in [5.41, 5.74) is 1.18. The standard InChI is InChI=1S/C10H11N3O/c1(9-2-6-14-8-9)3-12-10-7-11-4-5-13-10/h2,4-8H,1,3H2,(H,12,13). The second-order valence-corrected chi connectivity index (χ2v) is 2.90. The largest absolute Gasteiger partial charge is 0.472 e. The highest BCUT2D eigenvalue weighted by atomic mass is 16.3. The maximum atomic E-state index is 4.96. The number of anilines is 1. The SMILES string of the molecule is c1cnc(NCCc2ccoc2)cn1. The summed E-state index contributed by atoms with van der Waals surface area (Å²) < 4.78 is 4.96. The Balaban J connectivity index is 1.79. The number of rotatable bonds is 4. The quantitative estimate of drug-likeness (QED) is 0.795. The Morgan fingerprint density at radius 2 is 2.36 bits per heavy atom. The van der Waals surface area contributed by atoms with Gasteiger partial charge in [-0.05, 0) is 18.1 Å². The van der Waals surface area contributed by atoms with Gasteiger partial charge in [-0.1, -0.05) is 0 Å². The summed E-state index contributed by atoms with van der Waals surface area (Å²) in [6.45, 7) is 0.832. The highest BCUT2D eigenvalue weighted by Gasteiger charge is 1.94. The van der Waals surface area contributed by atoms with Gasteiger partial charge in [-0.2, -0.15) is 0 Å². The molecule has 0 bridgehead atoms. The van der Waals surface area contributed by atoms with Crippen molar-refractivity contribution >= 4 is 5.82 Å². The summed E-state index contributed by atoms with van der Waals surface area (Å²) in [6.07, 6.45) is 9.37. The molecule has 0 aliphatic carbocycles. The van der Waals surface area contributed by atoms with Crippen molar-refractivity contribution in [3.8, 4) is 0 Å². The Kier molecular flexibility index (Phi) is 2.76. The predicted octanol–water partition coefficient (Wildman–Crippen LogP) is 1.72. The van der Waals surface area contributed by atoms with Crippen molar-refractivity contribution < 1.29 is 4.42 Å². The molecular formula is C10H11N3O. The lowest BCUT2D eigenvalue weighted by atomic mass is 10.2. The maximum absolute atomic E-state index is 4.96. The Labute approximate surface area is 82.0 Å². The Hall–Kier alpha value is -1.84. The normalized spacial score (nSPS) is 10.0. The van der Waals surface area contributed by atoms with Crippen molar-refractivity contribution in [3.05, 3.63) is 42.7 Å². The lowest BCUT2D eigenvalue weighted by molar-refractivity contribution is 0.564. The third-order valence-electron chi connectivity index (χ3n) is 1.86. The molecule has 2 heterocycles. The number of hydrogen-bond donors (Lipinski definition) is 1. The molecule has 0 saturated carbocycles. The van der Waals surface area contributed by atoms with Crippen molar-refractivity contribution in [2.45, 2.75) is 6.42 Å². The zero-order valence-electron chi connectivity index (χ0n) is 7.68. The van der Waals surface area contributed by atoms with Gasteiger partial charge >= 0.3 is 0 Å². The molecule has 0 saturated heterocycles. The molecule has 0 aliphatic rings. The van der Waals surface area contributed by atoms with E-state index in [-0.39, 0.29) is 0 Å². The second kappa shape index (κ2) is 4.41. The summed E-state index contributed by atoms with van der Waals surface area (Å²) in [6, 6.07) is 1.96. The van der Waals surface area contributed by atoms with E-state index in [1.807, 2.05) is 6.07 Å². The molecular weight excluding hydrogens is 178 g/mol. The van der Waals surface area contributed by atoms with Gasteiger partial charge in [0.1, 0.15) is 5.82 Å². The van der Waals surface area contributed by atoms with E-state index in [4.69, 9.17) is 4.42 Å². The van der Waals surface area contributed by atoms with Gasteiger partial charge in [0.25, 0.3) is 0 Å². The van der Waals surface area contributed by atoms with E-state index in [0.717, 1.165) is 18.8 Å². The van der Waals surface area contributed by atoms with Crippen LogP contribution in [-0.2, 0) is 6.42 Å². The van der Waals surface area contributed by atoms with Crippen LogP contribution < -0.4 is 5.32 Å². The minimum Gasteiger partial charge on any atom is -0.472 e. The van der Waals surface area contributed by atoms with Crippen LogP contribution in [0.15, 0.2) is 41.6 Å². The van der Waals surface area contributed by atoms with E-state index in [2.05, 4.69) is 15.3 Å². The van der Waals surface area contributed by atoms with Crippen molar-refractivity contribution in [2.75, 3.05) is 11.9 Å². The van der Waals surface area contributed by atoms with Crippen LogP contribution in [0.2, 0.25) is 0 Å². The zero-order valence-corrected chi connectivity index (χ0v) is 7.68. The lowest BCUT2D eigenvalue weighted by Gasteiger charge is -2.02. The number of furan rings is 1. The highest BCUT2D eigenvalue weighted by molar-refractivity contribution is 5.29. The van der Waals surface area contributed by atoms with Gasteiger partial charge in [-0.25, -0.2) is 4.98 Å². The number of nitrogens with one attached hydrogen (secondary N) is 1. The number of hydrogen-bond acceptors (Lipinski definition) is 4. The first-order valence-corrected chi connectivity index (χ1v) is 4.46. The molecule has 72 valence electrons. The van der Waals surface area contributed by atoms with E-state index >= 15 is 0 Å². The van der Waals surface area contributed by atoms with Crippen molar-refractivity contribution in [3.63, 3.8) is 0 Å². The molecule has 1 N–H and O–H groups in total. The Morgan fingerprint density at radius 1 is 1.36 bits per heavy atom. The van der Waals surface area contributed by atoms with Gasteiger partial charge in [-0.3, -0.25) is 4.98 Å². The summed E-state index contributed by atoms with van der Waals surface area (Å²) in [7, 11) is 0. The second-order valence-electron chi connectivity index (χ2n) is 2.90. The first-order valence-electron chi connectivity index (χ1n) is 4.46. The van der Waals surface area contributed by atoms with Gasteiger partial charge in [0.15, 0.2) is 0 Å². The average Bonchev–Trinajstić information content (AvgIpc) is 2.72.